The molecule has 1 fully saturated rings. The zero-order valence-corrected chi connectivity index (χ0v) is 6.12. The van der Waals surface area contributed by atoms with Crippen LogP contribution in [0.2, 0.25) is 0 Å². The van der Waals surface area contributed by atoms with E-state index in [2.05, 4.69) is 13.2 Å². The van der Waals surface area contributed by atoms with Gasteiger partial charge in [0.1, 0.15) is 12.2 Å². The van der Waals surface area contributed by atoms with E-state index in [1.165, 1.54) is 0 Å². The molecule has 0 saturated carbocycles. The first-order valence-corrected chi connectivity index (χ1v) is 3.35. The van der Waals surface area contributed by atoms with Crippen LogP contribution in [-0.4, -0.2) is 23.3 Å². The maximum Gasteiger partial charge on any atom is 0.336 e. The first-order valence-electron chi connectivity index (χ1n) is 3.35. The second-order valence-corrected chi connectivity index (χ2v) is 2.44. The summed E-state index contributed by atoms with van der Waals surface area (Å²) in [4.78, 5) is 10.8. The highest BCUT2D eigenvalue weighted by Crippen LogP contribution is 2.21. The normalized spacial score (nSPS) is 30.3. The molecule has 0 radical (unpaired) electrons. The number of cyclic esters (lactones) is 1. The van der Waals surface area contributed by atoms with Crippen molar-refractivity contribution >= 4 is 5.97 Å². The molecule has 11 heavy (non-hydrogen) atoms. The van der Waals surface area contributed by atoms with E-state index in [9.17, 15) is 9.90 Å². The Kier molecular flexibility index (Phi) is 2.10. The fraction of sp³-hybridized carbons (Fsp3) is 0.375. The summed E-state index contributed by atoms with van der Waals surface area (Å²) in [6.07, 6.45) is 0.721. The lowest BCUT2D eigenvalue weighted by atomic mass is 10.1. The summed E-state index contributed by atoms with van der Waals surface area (Å²) in [6.45, 7) is 6.87. The average Bonchev–Trinajstić information content (AvgIpc) is 2.19. The van der Waals surface area contributed by atoms with E-state index in [-0.39, 0.29) is 5.57 Å². The summed E-state index contributed by atoms with van der Waals surface area (Å²) < 4.78 is 4.77. The minimum Gasteiger partial charge on any atom is -0.455 e. The van der Waals surface area contributed by atoms with E-state index < -0.39 is 18.2 Å². The first kappa shape index (κ1) is 8.01. The number of hydrogen-bond acceptors (Lipinski definition) is 3. The van der Waals surface area contributed by atoms with Crippen molar-refractivity contribution < 1.29 is 14.6 Å². The maximum absolute atomic E-state index is 10.8. The van der Waals surface area contributed by atoms with Gasteiger partial charge in [-0.15, -0.1) is 6.58 Å². The highest BCUT2D eigenvalue weighted by Gasteiger charge is 2.35. The van der Waals surface area contributed by atoms with Gasteiger partial charge in [-0.2, -0.15) is 0 Å². The molecule has 60 valence electrons. The Balaban J connectivity index is 2.66. The Morgan fingerprint density at radius 3 is 2.73 bits per heavy atom. The van der Waals surface area contributed by atoms with Gasteiger partial charge in [-0.1, -0.05) is 12.7 Å². The van der Waals surface area contributed by atoms with Crippen LogP contribution in [0.5, 0.6) is 0 Å². The maximum atomic E-state index is 10.8. The van der Waals surface area contributed by atoms with E-state index >= 15 is 0 Å². The largest absolute Gasteiger partial charge is 0.455 e. The van der Waals surface area contributed by atoms with Gasteiger partial charge in [0.15, 0.2) is 0 Å². The van der Waals surface area contributed by atoms with Gasteiger partial charge in [-0.05, 0) is 0 Å². The first-order chi connectivity index (χ1) is 5.16. The summed E-state index contributed by atoms with van der Waals surface area (Å²) in [7, 11) is 0. The molecular weight excluding hydrogens is 144 g/mol. The number of aliphatic hydroxyl groups is 1. The number of esters is 1. The Hall–Kier alpha value is -1.09. The van der Waals surface area contributed by atoms with Gasteiger partial charge >= 0.3 is 5.97 Å². The van der Waals surface area contributed by atoms with Crippen molar-refractivity contribution in [3.63, 3.8) is 0 Å². The molecule has 1 N–H and O–H groups in total. The minimum absolute atomic E-state index is 0.136. The van der Waals surface area contributed by atoms with Crippen molar-refractivity contribution in [1.82, 2.24) is 0 Å². The van der Waals surface area contributed by atoms with Gasteiger partial charge in [0.05, 0.1) is 5.57 Å². The van der Waals surface area contributed by atoms with Crippen LogP contribution in [0.25, 0.3) is 0 Å². The number of rotatable bonds is 2. The molecule has 0 aliphatic carbocycles. The molecule has 1 rings (SSSR count). The van der Waals surface area contributed by atoms with Crippen LogP contribution >= 0.6 is 0 Å². The number of carbonyl (C=O) groups is 1. The zero-order valence-electron chi connectivity index (χ0n) is 6.12. The lowest BCUT2D eigenvalue weighted by molar-refractivity contribution is -0.139. The molecule has 1 aliphatic rings. The summed E-state index contributed by atoms with van der Waals surface area (Å²) >= 11 is 0. The number of ether oxygens (including phenoxy) is 1. The smallest absolute Gasteiger partial charge is 0.336 e. The molecule has 1 saturated heterocycles. The molecule has 2 atom stereocenters. The van der Waals surface area contributed by atoms with Gasteiger partial charge in [0.2, 0.25) is 0 Å². The van der Waals surface area contributed by atoms with Crippen molar-refractivity contribution in [2.45, 2.75) is 18.6 Å². The minimum atomic E-state index is -0.861. The Labute approximate surface area is 65.0 Å². The van der Waals surface area contributed by atoms with Gasteiger partial charge in [0, 0.05) is 6.42 Å². The molecule has 0 aromatic rings. The van der Waals surface area contributed by atoms with Crippen molar-refractivity contribution in [2.75, 3.05) is 0 Å². The van der Waals surface area contributed by atoms with Gasteiger partial charge < -0.3 is 9.84 Å². The third kappa shape index (κ3) is 1.33. The molecule has 0 amide bonds. The van der Waals surface area contributed by atoms with E-state index in [0.29, 0.717) is 6.42 Å². The van der Waals surface area contributed by atoms with Crippen LogP contribution in [0.4, 0.5) is 0 Å². The summed E-state index contributed by atoms with van der Waals surface area (Å²) in [5.74, 6) is -0.510. The van der Waals surface area contributed by atoms with Crippen LogP contribution in [-0.2, 0) is 9.53 Å². The Morgan fingerprint density at radius 1 is 1.73 bits per heavy atom. The molecule has 0 aromatic heterocycles. The Bertz CT molecular complexity index is 207. The summed E-state index contributed by atoms with van der Waals surface area (Å²) in [5, 5.41) is 9.27. The van der Waals surface area contributed by atoms with Crippen LogP contribution in [0.1, 0.15) is 6.42 Å². The summed E-state index contributed by atoms with van der Waals surface area (Å²) in [5.41, 5.74) is 0.136. The van der Waals surface area contributed by atoms with Crippen molar-refractivity contribution in [1.29, 1.82) is 0 Å². The SMILES string of the molecule is C=CC[C@@H]1OC(=O)C(=C)[C@H]1O. The highest BCUT2D eigenvalue weighted by atomic mass is 16.6. The van der Waals surface area contributed by atoms with E-state index in [4.69, 9.17) is 4.74 Å². The van der Waals surface area contributed by atoms with E-state index in [1.54, 1.807) is 6.08 Å². The van der Waals surface area contributed by atoms with Crippen LogP contribution < -0.4 is 0 Å². The topological polar surface area (TPSA) is 46.5 Å². The predicted molar refractivity (Wildman–Crippen MR) is 39.8 cm³/mol. The van der Waals surface area contributed by atoms with Crippen molar-refractivity contribution in [3.05, 3.63) is 24.8 Å². The third-order valence-electron chi connectivity index (χ3n) is 1.63. The van der Waals surface area contributed by atoms with E-state index in [1.807, 2.05) is 0 Å². The monoisotopic (exact) mass is 154 g/mol. The van der Waals surface area contributed by atoms with Crippen LogP contribution in [0.3, 0.4) is 0 Å². The molecule has 0 bridgehead atoms. The van der Waals surface area contributed by atoms with Crippen molar-refractivity contribution in [2.24, 2.45) is 0 Å². The molecule has 0 unspecified atom stereocenters. The fourth-order valence-electron chi connectivity index (χ4n) is 0.964. The second-order valence-electron chi connectivity index (χ2n) is 2.44. The second kappa shape index (κ2) is 2.88. The summed E-state index contributed by atoms with van der Waals surface area (Å²) in [6, 6.07) is 0. The number of hydrogen-bond donors (Lipinski definition) is 1. The molecule has 3 nitrogen and oxygen atoms in total. The molecule has 1 aliphatic heterocycles. The van der Waals surface area contributed by atoms with Gasteiger partial charge in [-0.3, -0.25) is 0 Å². The van der Waals surface area contributed by atoms with Gasteiger partial charge in [-0.25, -0.2) is 4.79 Å². The molecule has 0 aromatic carbocycles. The highest BCUT2D eigenvalue weighted by molar-refractivity contribution is 5.91. The Morgan fingerprint density at radius 2 is 2.36 bits per heavy atom. The lowest BCUT2D eigenvalue weighted by Crippen LogP contribution is -2.20. The zero-order chi connectivity index (χ0) is 8.43. The molecular formula is C8H10O3. The van der Waals surface area contributed by atoms with Crippen molar-refractivity contribution in [3.8, 4) is 0 Å². The number of aliphatic hydroxyl groups excluding tert-OH is 1. The standard InChI is InChI=1S/C8H10O3/c1-3-4-6-7(9)5(2)8(10)11-6/h3,6-7,9H,1-2,4H2/t6-,7+/m0/s1. The van der Waals surface area contributed by atoms with Crippen LogP contribution in [0, 0.1) is 0 Å². The predicted octanol–water partition coefficient (Wildman–Crippen LogP) is 0.405. The van der Waals surface area contributed by atoms with E-state index in [0.717, 1.165) is 0 Å². The molecule has 3 heteroatoms. The van der Waals surface area contributed by atoms with Gasteiger partial charge in [0.25, 0.3) is 0 Å². The number of carbonyl (C=O) groups excluding carboxylic acids is 1. The molecule has 0 spiro atoms. The van der Waals surface area contributed by atoms with Crippen LogP contribution in [0.15, 0.2) is 24.8 Å². The third-order valence-corrected chi connectivity index (χ3v) is 1.63. The lowest BCUT2D eigenvalue weighted by Gasteiger charge is -2.08. The average molecular weight is 154 g/mol. The quantitative estimate of drug-likeness (QED) is 0.356. The fourth-order valence-corrected chi connectivity index (χ4v) is 0.964. The molecule has 1 heterocycles.